The summed E-state index contributed by atoms with van der Waals surface area (Å²) in [6.45, 7) is 8.74. The topological polar surface area (TPSA) is 54.0 Å². The summed E-state index contributed by atoms with van der Waals surface area (Å²) in [6.07, 6.45) is 1.54. The molecule has 0 aliphatic carbocycles. The van der Waals surface area contributed by atoms with Gasteiger partial charge in [0, 0.05) is 33.8 Å². The average Bonchev–Trinajstić information content (AvgIpc) is 3.08. The Morgan fingerprint density at radius 1 is 1.13 bits per heavy atom. The Balaban J connectivity index is 1.64. The molecule has 0 saturated heterocycles. The Kier molecular flexibility index (Phi) is 7.16. The molecular formula is C24H28ClN3OS. The lowest BCUT2D eigenvalue weighted by molar-refractivity contribution is -0.117. The molecule has 30 heavy (non-hydrogen) atoms. The van der Waals surface area contributed by atoms with Crippen LogP contribution in [-0.2, 0) is 4.79 Å². The molecule has 0 spiro atoms. The van der Waals surface area contributed by atoms with E-state index in [1.807, 2.05) is 53.9 Å². The van der Waals surface area contributed by atoms with Gasteiger partial charge in [-0.3, -0.25) is 4.79 Å². The zero-order chi connectivity index (χ0) is 21.7. The van der Waals surface area contributed by atoms with Crippen molar-refractivity contribution in [3.05, 3.63) is 58.9 Å². The van der Waals surface area contributed by atoms with Crippen LogP contribution in [0.4, 0.5) is 16.5 Å². The second-order valence-electron chi connectivity index (χ2n) is 8.88. The maximum absolute atomic E-state index is 12.4. The quantitative estimate of drug-likeness (QED) is 0.396. The lowest BCUT2D eigenvalue weighted by Gasteiger charge is -2.22. The number of hydrogen-bond donors (Lipinski definition) is 2. The molecule has 4 nitrogen and oxygen atoms in total. The second kappa shape index (κ2) is 9.63. The fourth-order valence-electron chi connectivity index (χ4n) is 3.56. The molecule has 1 heterocycles. The molecule has 3 aromatic rings. The summed E-state index contributed by atoms with van der Waals surface area (Å²) in [4.78, 5) is 17.1. The van der Waals surface area contributed by atoms with Gasteiger partial charge in [-0.2, -0.15) is 0 Å². The molecule has 1 aromatic heterocycles. The molecule has 1 unspecified atom stereocenters. The van der Waals surface area contributed by atoms with Crippen molar-refractivity contribution in [2.24, 2.45) is 11.3 Å². The zero-order valence-corrected chi connectivity index (χ0v) is 19.4. The van der Waals surface area contributed by atoms with Crippen LogP contribution in [0.1, 0.15) is 40.5 Å². The summed E-state index contributed by atoms with van der Waals surface area (Å²) in [5.74, 6) is 0.386. The smallest absolute Gasteiger partial charge is 0.224 e. The summed E-state index contributed by atoms with van der Waals surface area (Å²) in [5, 5.41) is 9.77. The fourth-order valence-corrected chi connectivity index (χ4v) is 4.49. The molecule has 158 valence electrons. The number of rotatable bonds is 7. The Morgan fingerprint density at radius 2 is 1.87 bits per heavy atom. The van der Waals surface area contributed by atoms with Crippen LogP contribution in [0, 0.1) is 11.3 Å². The largest absolute Gasteiger partial charge is 0.331 e. The first-order valence-corrected chi connectivity index (χ1v) is 11.3. The Morgan fingerprint density at radius 3 is 2.60 bits per heavy atom. The van der Waals surface area contributed by atoms with Crippen LogP contribution in [0.15, 0.2) is 53.9 Å². The minimum atomic E-state index is 0.0467. The van der Waals surface area contributed by atoms with Gasteiger partial charge in [0.05, 0.1) is 5.69 Å². The molecule has 3 rings (SSSR count). The number of aromatic nitrogens is 1. The Labute approximate surface area is 187 Å². The minimum absolute atomic E-state index is 0.0467. The third-order valence-corrected chi connectivity index (χ3v) is 5.51. The first-order valence-electron chi connectivity index (χ1n) is 10.1. The van der Waals surface area contributed by atoms with E-state index in [4.69, 9.17) is 11.6 Å². The number of thiazole rings is 1. The van der Waals surface area contributed by atoms with Gasteiger partial charge in [-0.05, 0) is 48.1 Å². The van der Waals surface area contributed by atoms with Crippen molar-refractivity contribution in [2.75, 3.05) is 10.6 Å². The number of carbonyl (C=O) groups excluding carboxylic acids is 1. The highest BCUT2D eigenvalue weighted by Crippen LogP contribution is 2.30. The highest BCUT2D eigenvalue weighted by atomic mass is 35.5. The van der Waals surface area contributed by atoms with E-state index >= 15 is 0 Å². The van der Waals surface area contributed by atoms with Gasteiger partial charge in [-0.1, -0.05) is 57.5 Å². The van der Waals surface area contributed by atoms with Gasteiger partial charge in [0.1, 0.15) is 0 Å². The third-order valence-electron chi connectivity index (χ3n) is 4.52. The predicted molar refractivity (Wildman–Crippen MR) is 129 cm³/mol. The standard InChI is InChI=1S/C24H28ClN3OS/c1-16(14-24(2,3)4)11-22(29)26-19-9-5-7-17(12-19)21-15-30-23(28-21)27-20-10-6-8-18(25)13-20/h5-10,12-13,15-16H,11,14H2,1-4H3,(H,26,29)(H,27,28). The monoisotopic (exact) mass is 441 g/mol. The van der Waals surface area contributed by atoms with E-state index in [9.17, 15) is 4.79 Å². The van der Waals surface area contributed by atoms with E-state index in [0.717, 1.165) is 34.2 Å². The third kappa shape index (κ3) is 6.85. The van der Waals surface area contributed by atoms with Crippen LogP contribution < -0.4 is 10.6 Å². The molecule has 1 atom stereocenters. The number of nitrogens with one attached hydrogen (secondary N) is 2. The van der Waals surface area contributed by atoms with Crippen molar-refractivity contribution >= 4 is 45.4 Å². The van der Waals surface area contributed by atoms with Gasteiger partial charge in [0.15, 0.2) is 5.13 Å². The van der Waals surface area contributed by atoms with Gasteiger partial charge in [-0.25, -0.2) is 4.98 Å². The molecule has 0 fully saturated rings. The van der Waals surface area contributed by atoms with Crippen molar-refractivity contribution in [3.63, 3.8) is 0 Å². The lowest BCUT2D eigenvalue weighted by atomic mass is 9.84. The van der Waals surface area contributed by atoms with Crippen molar-refractivity contribution in [2.45, 2.75) is 40.5 Å². The summed E-state index contributed by atoms with van der Waals surface area (Å²) in [5.41, 5.74) is 3.74. The molecular weight excluding hydrogens is 414 g/mol. The fraction of sp³-hybridized carbons (Fsp3) is 0.333. The SMILES string of the molecule is CC(CC(=O)Nc1cccc(-c2csc(Nc3cccc(Cl)c3)n2)c1)CC(C)(C)C. The first kappa shape index (κ1) is 22.3. The summed E-state index contributed by atoms with van der Waals surface area (Å²) < 4.78 is 0. The lowest BCUT2D eigenvalue weighted by Crippen LogP contribution is -2.18. The number of benzene rings is 2. The van der Waals surface area contributed by atoms with Gasteiger partial charge in [0.25, 0.3) is 0 Å². The van der Waals surface area contributed by atoms with Crippen LogP contribution >= 0.6 is 22.9 Å². The van der Waals surface area contributed by atoms with E-state index in [1.165, 1.54) is 11.3 Å². The van der Waals surface area contributed by atoms with Crippen LogP contribution in [0.5, 0.6) is 0 Å². The molecule has 0 saturated carbocycles. The predicted octanol–water partition coefficient (Wildman–Crippen LogP) is 7.61. The molecule has 1 amide bonds. The summed E-state index contributed by atoms with van der Waals surface area (Å²) in [7, 11) is 0. The molecule has 2 N–H and O–H groups in total. The number of anilines is 3. The molecule has 0 aliphatic rings. The summed E-state index contributed by atoms with van der Waals surface area (Å²) in [6, 6.07) is 15.3. The first-order chi connectivity index (χ1) is 14.2. The molecule has 6 heteroatoms. The number of hydrogen-bond acceptors (Lipinski definition) is 4. The average molecular weight is 442 g/mol. The normalized spacial score (nSPS) is 12.4. The van der Waals surface area contributed by atoms with Crippen LogP contribution in [0.3, 0.4) is 0 Å². The van der Waals surface area contributed by atoms with Crippen LogP contribution in [0.2, 0.25) is 5.02 Å². The van der Waals surface area contributed by atoms with Gasteiger partial charge in [-0.15, -0.1) is 11.3 Å². The van der Waals surface area contributed by atoms with E-state index in [-0.39, 0.29) is 11.3 Å². The second-order valence-corrected chi connectivity index (χ2v) is 10.2. The van der Waals surface area contributed by atoms with Crippen LogP contribution in [-0.4, -0.2) is 10.9 Å². The van der Waals surface area contributed by atoms with Gasteiger partial charge >= 0.3 is 0 Å². The van der Waals surface area contributed by atoms with Crippen molar-refractivity contribution in [3.8, 4) is 11.3 Å². The minimum Gasteiger partial charge on any atom is -0.331 e. The molecule has 0 aliphatic heterocycles. The van der Waals surface area contributed by atoms with E-state index < -0.39 is 0 Å². The molecule has 0 bridgehead atoms. The van der Waals surface area contributed by atoms with Crippen LogP contribution in [0.25, 0.3) is 11.3 Å². The number of nitrogens with zero attached hydrogens (tertiary/aromatic N) is 1. The number of amides is 1. The van der Waals surface area contributed by atoms with Crippen molar-refractivity contribution < 1.29 is 4.79 Å². The van der Waals surface area contributed by atoms with E-state index in [2.05, 4.69) is 43.3 Å². The molecule has 0 radical (unpaired) electrons. The Bertz CT molecular complexity index is 1010. The van der Waals surface area contributed by atoms with E-state index in [0.29, 0.717) is 17.4 Å². The van der Waals surface area contributed by atoms with Crippen molar-refractivity contribution in [1.29, 1.82) is 0 Å². The number of carbonyl (C=O) groups is 1. The highest BCUT2D eigenvalue weighted by molar-refractivity contribution is 7.14. The summed E-state index contributed by atoms with van der Waals surface area (Å²) >= 11 is 7.57. The Hall–Kier alpha value is -2.37. The highest BCUT2D eigenvalue weighted by Gasteiger charge is 2.18. The maximum atomic E-state index is 12.4. The molecule has 2 aromatic carbocycles. The number of halogens is 1. The van der Waals surface area contributed by atoms with Gasteiger partial charge < -0.3 is 10.6 Å². The van der Waals surface area contributed by atoms with Crippen molar-refractivity contribution in [1.82, 2.24) is 4.98 Å². The maximum Gasteiger partial charge on any atom is 0.224 e. The zero-order valence-electron chi connectivity index (χ0n) is 17.8. The van der Waals surface area contributed by atoms with E-state index in [1.54, 1.807) is 0 Å². The van der Waals surface area contributed by atoms with Gasteiger partial charge in [0.2, 0.25) is 5.91 Å².